The molecule has 94 valence electrons. The lowest BCUT2D eigenvalue weighted by atomic mass is 9.95. The van der Waals surface area contributed by atoms with E-state index in [0.717, 1.165) is 5.69 Å². The SMILES string of the molecule is CC(C)(CO)CNCC(=O)Nc1ccccc1. The topological polar surface area (TPSA) is 61.4 Å². The highest BCUT2D eigenvalue weighted by Gasteiger charge is 2.16. The molecule has 0 radical (unpaired) electrons. The van der Waals surface area contributed by atoms with E-state index >= 15 is 0 Å². The van der Waals surface area contributed by atoms with Gasteiger partial charge in [-0.3, -0.25) is 4.79 Å². The number of benzene rings is 1. The molecule has 0 aromatic heterocycles. The van der Waals surface area contributed by atoms with Crippen LogP contribution in [0.15, 0.2) is 30.3 Å². The highest BCUT2D eigenvalue weighted by molar-refractivity contribution is 5.92. The number of aliphatic hydroxyl groups is 1. The van der Waals surface area contributed by atoms with Crippen LogP contribution in [-0.2, 0) is 4.79 Å². The van der Waals surface area contributed by atoms with Crippen molar-refractivity contribution >= 4 is 11.6 Å². The second-order valence-corrected chi connectivity index (χ2v) is 4.84. The van der Waals surface area contributed by atoms with Gasteiger partial charge in [-0.25, -0.2) is 0 Å². The van der Waals surface area contributed by atoms with E-state index in [1.54, 1.807) is 0 Å². The molecule has 0 spiro atoms. The maximum Gasteiger partial charge on any atom is 0.238 e. The van der Waals surface area contributed by atoms with Crippen LogP contribution in [0.3, 0.4) is 0 Å². The molecule has 3 N–H and O–H groups in total. The number of rotatable bonds is 6. The van der Waals surface area contributed by atoms with Gasteiger partial charge in [0.15, 0.2) is 0 Å². The fourth-order valence-electron chi connectivity index (χ4n) is 1.30. The third-order valence-corrected chi connectivity index (χ3v) is 2.37. The van der Waals surface area contributed by atoms with E-state index in [4.69, 9.17) is 5.11 Å². The van der Waals surface area contributed by atoms with Gasteiger partial charge in [0.25, 0.3) is 0 Å². The summed E-state index contributed by atoms with van der Waals surface area (Å²) in [5.74, 6) is -0.0788. The van der Waals surface area contributed by atoms with Crippen molar-refractivity contribution in [1.29, 1.82) is 0 Å². The van der Waals surface area contributed by atoms with Crippen LogP contribution >= 0.6 is 0 Å². The monoisotopic (exact) mass is 236 g/mol. The second kappa shape index (κ2) is 6.37. The van der Waals surface area contributed by atoms with E-state index in [1.165, 1.54) is 0 Å². The molecule has 0 heterocycles. The Hall–Kier alpha value is -1.39. The average molecular weight is 236 g/mol. The highest BCUT2D eigenvalue weighted by atomic mass is 16.3. The zero-order valence-corrected chi connectivity index (χ0v) is 10.4. The highest BCUT2D eigenvalue weighted by Crippen LogP contribution is 2.10. The van der Waals surface area contributed by atoms with Gasteiger partial charge >= 0.3 is 0 Å². The Bertz CT molecular complexity index is 350. The maximum atomic E-state index is 11.6. The fraction of sp³-hybridized carbons (Fsp3) is 0.462. The Kier molecular flexibility index (Phi) is 5.12. The van der Waals surface area contributed by atoms with Crippen LogP contribution in [0.4, 0.5) is 5.69 Å². The van der Waals surface area contributed by atoms with Crippen LogP contribution < -0.4 is 10.6 Å². The largest absolute Gasteiger partial charge is 0.396 e. The third kappa shape index (κ3) is 5.47. The molecule has 1 rings (SSSR count). The van der Waals surface area contributed by atoms with Crippen LogP contribution in [0.1, 0.15) is 13.8 Å². The molecule has 0 saturated heterocycles. The molecular weight excluding hydrogens is 216 g/mol. The minimum absolute atomic E-state index is 0.0788. The van der Waals surface area contributed by atoms with E-state index in [2.05, 4.69) is 10.6 Å². The molecule has 0 aliphatic heterocycles. The van der Waals surface area contributed by atoms with Crippen molar-refractivity contribution in [1.82, 2.24) is 5.32 Å². The zero-order valence-electron chi connectivity index (χ0n) is 10.4. The Morgan fingerprint density at radius 1 is 1.29 bits per heavy atom. The first-order chi connectivity index (χ1) is 8.03. The predicted octanol–water partition coefficient (Wildman–Crippen LogP) is 1.23. The molecule has 0 unspecified atom stereocenters. The Balaban J connectivity index is 2.27. The van der Waals surface area contributed by atoms with Crippen molar-refractivity contribution in [3.63, 3.8) is 0 Å². The lowest BCUT2D eigenvalue weighted by Gasteiger charge is -2.21. The summed E-state index contributed by atoms with van der Waals surface area (Å²) >= 11 is 0. The first-order valence-corrected chi connectivity index (χ1v) is 5.70. The number of amides is 1. The number of hydrogen-bond donors (Lipinski definition) is 3. The molecule has 0 fully saturated rings. The van der Waals surface area contributed by atoms with E-state index in [-0.39, 0.29) is 24.5 Å². The fourth-order valence-corrected chi connectivity index (χ4v) is 1.30. The quantitative estimate of drug-likeness (QED) is 0.696. The van der Waals surface area contributed by atoms with Crippen molar-refractivity contribution < 1.29 is 9.90 Å². The molecule has 17 heavy (non-hydrogen) atoms. The number of para-hydroxylation sites is 1. The molecule has 1 amide bonds. The van der Waals surface area contributed by atoms with Crippen molar-refractivity contribution in [2.45, 2.75) is 13.8 Å². The number of anilines is 1. The Morgan fingerprint density at radius 2 is 1.94 bits per heavy atom. The van der Waals surface area contributed by atoms with Crippen molar-refractivity contribution in [2.24, 2.45) is 5.41 Å². The van der Waals surface area contributed by atoms with Gasteiger partial charge in [0.2, 0.25) is 5.91 Å². The van der Waals surface area contributed by atoms with E-state index < -0.39 is 0 Å². The van der Waals surface area contributed by atoms with Gasteiger partial charge in [-0.2, -0.15) is 0 Å². The standard InChI is InChI=1S/C13H20N2O2/c1-13(2,10-16)9-14-8-12(17)15-11-6-4-3-5-7-11/h3-7,14,16H,8-10H2,1-2H3,(H,15,17). The van der Waals surface area contributed by atoms with Gasteiger partial charge in [-0.15, -0.1) is 0 Å². The van der Waals surface area contributed by atoms with Crippen LogP contribution in [0, 0.1) is 5.41 Å². The smallest absolute Gasteiger partial charge is 0.238 e. The number of carbonyl (C=O) groups excluding carboxylic acids is 1. The molecular formula is C13H20N2O2. The Labute approximate surface area is 102 Å². The molecule has 0 aliphatic carbocycles. The van der Waals surface area contributed by atoms with E-state index in [1.807, 2.05) is 44.2 Å². The number of nitrogens with one attached hydrogen (secondary N) is 2. The predicted molar refractivity (Wildman–Crippen MR) is 68.8 cm³/mol. The van der Waals surface area contributed by atoms with Gasteiger partial charge in [0.1, 0.15) is 0 Å². The van der Waals surface area contributed by atoms with Crippen molar-refractivity contribution in [2.75, 3.05) is 25.0 Å². The maximum absolute atomic E-state index is 11.6. The summed E-state index contributed by atoms with van der Waals surface area (Å²) in [7, 11) is 0. The lowest BCUT2D eigenvalue weighted by molar-refractivity contribution is -0.115. The average Bonchev–Trinajstić information content (AvgIpc) is 2.30. The minimum Gasteiger partial charge on any atom is -0.396 e. The second-order valence-electron chi connectivity index (χ2n) is 4.84. The summed E-state index contributed by atoms with van der Waals surface area (Å²) in [5, 5.41) is 14.9. The van der Waals surface area contributed by atoms with Gasteiger partial charge in [-0.05, 0) is 12.1 Å². The van der Waals surface area contributed by atoms with Crippen LogP contribution in [0.2, 0.25) is 0 Å². The first-order valence-electron chi connectivity index (χ1n) is 5.70. The van der Waals surface area contributed by atoms with Crippen LogP contribution in [-0.4, -0.2) is 30.7 Å². The third-order valence-electron chi connectivity index (χ3n) is 2.37. The van der Waals surface area contributed by atoms with Gasteiger partial charge in [0, 0.05) is 24.3 Å². The summed E-state index contributed by atoms with van der Waals surface area (Å²) in [4.78, 5) is 11.6. The van der Waals surface area contributed by atoms with Crippen molar-refractivity contribution in [3.8, 4) is 0 Å². The van der Waals surface area contributed by atoms with Crippen LogP contribution in [0.5, 0.6) is 0 Å². The number of hydrogen-bond acceptors (Lipinski definition) is 3. The van der Waals surface area contributed by atoms with E-state index in [0.29, 0.717) is 6.54 Å². The number of aliphatic hydroxyl groups excluding tert-OH is 1. The van der Waals surface area contributed by atoms with Gasteiger partial charge in [0.05, 0.1) is 6.54 Å². The van der Waals surface area contributed by atoms with Crippen LogP contribution in [0.25, 0.3) is 0 Å². The summed E-state index contributed by atoms with van der Waals surface area (Å²) < 4.78 is 0. The molecule has 4 nitrogen and oxygen atoms in total. The summed E-state index contributed by atoms with van der Waals surface area (Å²) in [6, 6.07) is 9.33. The van der Waals surface area contributed by atoms with E-state index in [9.17, 15) is 4.79 Å². The lowest BCUT2D eigenvalue weighted by Crippen LogP contribution is -2.36. The molecule has 1 aromatic carbocycles. The summed E-state index contributed by atoms with van der Waals surface area (Å²) in [5.41, 5.74) is 0.591. The molecule has 4 heteroatoms. The van der Waals surface area contributed by atoms with Gasteiger partial charge in [-0.1, -0.05) is 32.0 Å². The van der Waals surface area contributed by atoms with Crippen molar-refractivity contribution in [3.05, 3.63) is 30.3 Å². The number of carbonyl (C=O) groups is 1. The normalized spacial score (nSPS) is 11.2. The van der Waals surface area contributed by atoms with Gasteiger partial charge < -0.3 is 15.7 Å². The Morgan fingerprint density at radius 3 is 2.53 bits per heavy atom. The summed E-state index contributed by atoms with van der Waals surface area (Å²) in [6.45, 7) is 4.83. The minimum atomic E-state index is -0.201. The molecule has 0 saturated carbocycles. The molecule has 1 aromatic rings. The molecule has 0 bridgehead atoms. The first kappa shape index (κ1) is 13.7. The molecule has 0 aliphatic rings. The zero-order chi connectivity index (χ0) is 12.7. The molecule has 0 atom stereocenters. The summed E-state index contributed by atoms with van der Waals surface area (Å²) in [6.07, 6.45) is 0.